The van der Waals surface area contributed by atoms with Gasteiger partial charge >= 0.3 is 0 Å². The molecule has 1 saturated carbocycles. The largest absolute Gasteiger partial charge is 0.238 e. The van der Waals surface area contributed by atoms with Crippen LogP contribution in [0.25, 0.3) is 11.1 Å². The number of halogens is 2. The predicted molar refractivity (Wildman–Crippen MR) is 95.4 cm³/mol. The highest BCUT2D eigenvalue weighted by Crippen LogP contribution is 2.24. The molecular formula is C19H23F2NO2S. The standard InChI is InChI=1S/C12H9F2NO2S.C7H14/c13-9-3-6-11(12(14)7-9)8-1-4-10(5-2-8)18(15,16)17;1-7-5-3-2-4-6-7/h1-7H,(H2,15,16,17);7H,2-6H2,1H3. The van der Waals surface area contributed by atoms with E-state index in [1.807, 2.05) is 0 Å². The zero-order valence-electron chi connectivity index (χ0n) is 14.2. The summed E-state index contributed by atoms with van der Waals surface area (Å²) in [5.41, 5.74) is 0.636. The molecule has 0 unspecified atom stereocenters. The maximum Gasteiger partial charge on any atom is 0.238 e. The molecule has 0 bridgehead atoms. The lowest BCUT2D eigenvalue weighted by Gasteiger charge is -2.15. The van der Waals surface area contributed by atoms with Crippen molar-refractivity contribution in [2.75, 3.05) is 0 Å². The minimum Gasteiger partial charge on any atom is -0.225 e. The van der Waals surface area contributed by atoms with Crippen LogP contribution in [-0.2, 0) is 10.0 Å². The fraction of sp³-hybridized carbons (Fsp3) is 0.368. The van der Waals surface area contributed by atoms with Gasteiger partial charge in [-0.05, 0) is 35.7 Å². The van der Waals surface area contributed by atoms with Gasteiger partial charge in [-0.3, -0.25) is 0 Å². The molecule has 0 saturated heterocycles. The second-order valence-corrected chi connectivity index (χ2v) is 8.00. The summed E-state index contributed by atoms with van der Waals surface area (Å²) in [6.07, 6.45) is 7.44. The molecule has 1 aliphatic carbocycles. The first-order valence-corrected chi connectivity index (χ1v) is 9.90. The molecule has 1 aliphatic rings. The lowest BCUT2D eigenvalue weighted by molar-refractivity contribution is 0.385. The number of rotatable bonds is 2. The minimum atomic E-state index is -3.77. The van der Waals surface area contributed by atoms with Crippen LogP contribution in [0.3, 0.4) is 0 Å². The van der Waals surface area contributed by atoms with Gasteiger partial charge in [0.25, 0.3) is 0 Å². The molecule has 0 spiro atoms. The predicted octanol–water partition coefficient (Wildman–Crippen LogP) is 4.87. The van der Waals surface area contributed by atoms with E-state index in [1.165, 1.54) is 62.4 Å². The number of nitrogens with two attached hydrogens (primary N) is 1. The SMILES string of the molecule is CC1CCCCC1.NS(=O)(=O)c1ccc(-c2ccc(F)cc2F)cc1. The number of sulfonamides is 1. The molecule has 6 heteroatoms. The quantitative estimate of drug-likeness (QED) is 0.823. The molecule has 2 aromatic carbocycles. The second-order valence-electron chi connectivity index (χ2n) is 6.44. The van der Waals surface area contributed by atoms with Gasteiger partial charge in [0.2, 0.25) is 10.0 Å². The van der Waals surface area contributed by atoms with E-state index < -0.39 is 21.7 Å². The van der Waals surface area contributed by atoms with Gasteiger partial charge in [0, 0.05) is 11.6 Å². The molecule has 0 aromatic heterocycles. The Labute approximate surface area is 147 Å². The third-order valence-corrected chi connectivity index (χ3v) is 5.25. The smallest absolute Gasteiger partial charge is 0.225 e. The van der Waals surface area contributed by atoms with Crippen LogP contribution in [0, 0.1) is 17.6 Å². The summed E-state index contributed by atoms with van der Waals surface area (Å²) in [6.45, 7) is 2.36. The van der Waals surface area contributed by atoms with Crippen molar-refractivity contribution < 1.29 is 17.2 Å². The molecule has 0 atom stereocenters. The van der Waals surface area contributed by atoms with Crippen molar-refractivity contribution in [3.63, 3.8) is 0 Å². The van der Waals surface area contributed by atoms with E-state index in [1.54, 1.807) is 0 Å². The summed E-state index contributed by atoms with van der Waals surface area (Å²) in [5.74, 6) is -0.343. The van der Waals surface area contributed by atoms with E-state index in [9.17, 15) is 17.2 Å². The van der Waals surface area contributed by atoms with E-state index in [0.717, 1.165) is 18.1 Å². The van der Waals surface area contributed by atoms with Crippen LogP contribution >= 0.6 is 0 Å². The number of hydrogen-bond donors (Lipinski definition) is 1. The fourth-order valence-electron chi connectivity index (χ4n) is 2.85. The van der Waals surface area contributed by atoms with Crippen molar-refractivity contribution in [2.24, 2.45) is 11.1 Å². The maximum atomic E-state index is 13.5. The summed E-state index contributed by atoms with van der Waals surface area (Å²) in [6, 6.07) is 8.55. The third-order valence-electron chi connectivity index (χ3n) is 4.32. The lowest BCUT2D eigenvalue weighted by atomic mass is 9.91. The van der Waals surface area contributed by atoms with Gasteiger partial charge in [-0.15, -0.1) is 0 Å². The number of primary sulfonamides is 1. The van der Waals surface area contributed by atoms with Gasteiger partial charge in [0.1, 0.15) is 11.6 Å². The maximum absolute atomic E-state index is 13.5. The van der Waals surface area contributed by atoms with Gasteiger partial charge in [0.05, 0.1) is 4.90 Å². The Morgan fingerprint density at radius 1 is 0.960 bits per heavy atom. The molecule has 2 N–H and O–H groups in total. The Bertz CT molecular complexity index is 799. The first-order valence-electron chi connectivity index (χ1n) is 8.35. The Balaban J connectivity index is 0.000000269. The van der Waals surface area contributed by atoms with Crippen molar-refractivity contribution in [3.05, 3.63) is 54.1 Å². The van der Waals surface area contributed by atoms with E-state index in [0.29, 0.717) is 5.56 Å². The van der Waals surface area contributed by atoms with Crippen LogP contribution in [0.5, 0.6) is 0 Å². The van der Waals surface area contributed by atoms with Crippen molar-refractivity contribution >= 4 is 10.0 Å². The molecule has 3 nitrogen and oxygen atoms in total. The Hall–Kier alpha value is -1.79. The summed E-state index contributed by atoms with van der Waals surface area (Å²) < 4.78 is 48.3. The number of hydrogen-bond acceptors (Lipinski definition) is 2. The van der Waals surface area contributed by atoms with E-state index in [2.05, 4.69) is 6.92 Å². The van der Waals surface area contributed by atoms with Gasteiger partial charge in [-0.1, -0.05) is 51.2 Å². The minimum absolute atomic E-state index is 0.0613. The summed E-state index contributed by atoms with van der Waals surface area (Å²) in [7, 11) is -3.77. The Morgan fingerprint density at radius 2 is 1.56 bits per heavy atom. The Morgan fingerprint density at radius 3 is 2.00 bits per heavy atom. The summed E-state index contributed by atoms with van der Waals surface area (Å²) >= 11 is 0. The van der Waals surface area contributed by atoms with Gasteiger partial charge < -0.3 is 0 Å². The molecule has 1 fully saturated rings. The van der Waals surface area contributed by atoms with Gasteiger partial charge in [-0.25, -0.2) is 22.3 Å². The molecule has 0 heterocycles. The van der Waals surface area contributed by atoms with Crippen LogP contribution in [0.1, 0.15) is 39.0 Å². The highest BCUT2D eigenvalue weighted by Gasteiger charge is 2.10. The van der Waals surface area contributed by atoms with Gasteiger partial charge in [-0.2, -0.15) is 0 Å². The van der Waals surface area contributed by atoms with Crippen LogP contribution < -0.4 is 5.14 Å². The molecule has 136 valence electrons. The van der Waals surface area contributed by atoms with E-state index in [-0.39, 0.29) is 10.5 Å². The van der Waals surface area contributed by atoms with Crippen LogP contribution in [0.2, 0.25) is 0 Å². The Kier molecular flexibility index (Phi) is 6.67. The van der Waals surface area contributed by atoms with Crippen LogP contribution in [0.15, 0.2) is 47.4 Å². The van der Waals surface area contributed by atoms with E-state index >= 15 is 0 Å². The third kappa shape index (κ3) is 5.90. The van der Waals surface area contributed by atoms with Crippen LogP contribution in [0.4, 0.5) is 8.78 Å². The average molecular weight is 367 g/mol. The lowest BCUT2D eigenvalue weighted by Crippen LogP contribution is -2.11. The molecule has 3 rings (SSSR count). The first kappa shape index (κ1) is 19.5. The fourth-order valence-corrected chi connectivity index (χ4v) is 3.37. The molecule has 0 amide bonds. The van der Waals surface area contributed by atoms with Crippen LogP contribution in [-0.4, -0.2) is 8.42 Å². The molecule has 25 heavy (non-hydrogen) atoms. The monoisotopic (exact) mass is 367 g/mol. The first-order chi connectivity index (χ1) is 11.8. The normalized spacial score (nSPS) is 15.4. The zero-order valence-corrected chi connectivity index (χ0v) is 15.0. The van der Waals surface area contributed by atoms with Crippen molar-refractivity contribution in [1.82, 2.24) is 0 Å². The molecule has 0 radical (unpaired) electrons. The zero-order chi connectivity index (χ0) is 18.4. The summed E-state index contributed by atoms with van der Waals surface area (Å²) in [5, 5.41) is 4.94. The topological polar surface area (TPSA) is 60.2 Å². The summed E-state index contributed by atoms with van der Waals surface area (Å²) in [4.78, 5) is -0.0613. The molecular weight excluding hydrogens is 344 g/mol. The average Bonchev–Trinajstić information content (AvgIpc) is 2.55. The molecule has 2 aromatic rings. The van der Waals surface area contributed by atoms with Crippen molar-refractivity contribution in [2.45, 2.75) is 43.9 Å². The van der Waals surface area contributed by atoms with Crippen molar-refractivity contribution in [1.29, 1.82) is 0 Å². The molecule has 0 aliphatic heterocycles. The highest BCUT2D eigenvalue weighted by atomic mass is 32.2. The highest BCUT2D eigenvalue weighted by molar-refractivity contribution is 7.89. The van der Waals surface area contributed by atoms with E-state index in [4.69, 9.17) is 5.14 Å². The van der Waals surface area contributed by atoms with Crippen molar-refractivity contribution in [3.8, 4) is 11.1 Å². The van der Waals surface area contributed by atoms with Gasteiger partial charge in [0.15, 0.2) is 0 Å². The second kappa shape index (κ2) is 8.54. The number of benzene rings is 2.